The van der Waals surface area contributed by atoms with E-state index >= 15 is 0 Å². The quantitative estimate of drug-likeness (QED) is 0.741. The molecule has 2 aromatic rings. The van der Waals surface area contributed by atoms with Crippen molar-refractivity contribution in [3.8, 4) is 0 Å². The Labute approximate surface area is 114 Å². The molecule has 0 aliphatic heterocycles. The van der Waals surface area contributed by atoms with E-state index in [9.17, 15) is 0 Å². The van der Waals surface area contributed by atoms with Crippen molar-refractivity contribution in [2.45, 2.75) is 33.6 Å². The van der Waals surface area contributed by atoms with Crippen LogP contribution in [0.2, 0.25) is 0 Å². The fourth-order valence-electron chi connectivity index (χ4n) is 1.54. The summed E-state index contributed by atoms with van der Waals surface area (Å²) in [4.78, 5) is 0. The Morgan fingerprint density at radius 1 is 0.722 bits per heavy atom. The van der Waals surface area contributed by atoms with Crippen LogP contribution in [0.15, 0.2) is 54.6 Å². The first-order chi connectivity index (χ1) is 8.76. The van der Waals surface area contributed by atoms with E-state index in [0.717, 1.165) is 0 Å². The van der Waals surface area contributed by atoms with Crippen LogP contribution < -0.4 is 10.4 Å². The van der Waals surface area contributed by atoms with Gasteiger partial charge in [-0.25, -0.2) is 0 Å². The minimum atomic E-state index is -0.250. The summed E-state index contributed by atoms with van der Waals surface area (Å²) in [6, 6.07) is 19.7. The third-order valence-electron chi connectivity index (χ3n) is 2.87. The van der Waals surface area contributed by atoms with Gasteiger partial charge in [-0.2, -0.15) is 0 Å². The molecule has 0 radical (unpaired) electrons. The first-order valence-electron chi connectivity index (χ1n) is 6.85. The molecule has 96 valence electrons. The van der Waals surface area contributed by atoms with Crippen LogP contribution in [0.4, 0.5) is 0 Å². The van der Waals surface area contributed by atoms with E-state index in [1.54, 1.807) is 0 Å². The maximum Gasteiger partial charge on any atom is 0.0875 e. The summed E-state index contributed by atoms with van der Waals surface area (Å²) < 4.78 is 0. The molecule has 0 amide bonds. The molecule has 0 aliphatic rings. The Kier molecular flexibility index (Phi) is 7.12. The molecule has 0 aliphatic carbocycles. The lowest BCUT2D eigenvalue weighted by Gasteiger charge is -2.01. The molecule has 0 saturated heterocycles. The summed E-state index contributed by atoms with van der Waals surface area (Å²) in [6.07, 6.45) is 2.64. The van der Waals surface area contributed by atoms with Gasteiger partial charge in [-0.05, 0) is 6.92 Å². The molecule has 2 rings (SSSR count). The molecule has 2 aromatic carbocycles. The number of hydrogen-bond donors (Lipinski definition) is 0. The Balaban J connectivity index is 0.000000357. The van der Waals surface area contributed by atoms with Gasteiger partial charge in [-0.15, -0.1) is 0 Å². The fraction of sp³-hybridized carbons (Fsp3) is 0.294. The molecule has 0 heterocycles. The highest BCUT2D eigenvalue weighted by molar-refractivity contribution is 6.67. The maximum absolute atomic E-state index is 2.26. The minimum Gasteiger partial charge on any atom is -0.0654 e. The van der Waals surface area contributed by atoms with Crippen LogP contribution in [0.1, 0.15) is 32.3 Å². The highest BCUT2D eigenvalue weighted by Gasteiger charge is 1.95. The van der Waals surface area contributed by atoms with Crippen molar-refractivity contribution in [1.29, 1.82) is 0 Å². The second kappa shape index (κ2) is 8.70. The van der Waals surface area contributed by atoms with Gasteiger partial charge in [0, 0.05) is 0 Å². The van der Waals surface area contributed by atoms with Crippen molar-refractivity contribution < 1.29 is 0 Å². The summed E-state index contributed by atoms with van der Waals surface area (Å²) in [7, 11) is -0.250. The Hall–Kier alpha value is -1.34. The Morgan fingerprint density at radius 3 is 1.72 bits per heavy atom. The normalized spacial score (nSPS) is 10.2. The number of rotatable bonds is 3. The van der Waals surface area contributed by atoms with Gasteiger partial charge >= 0.3 is 0 Å². The van der Waals surface area contributed by atoms with Gasteiger partial charge in [0.15, 0.2) is 0 Å². The Bertz CT molecular complexity index is 415. The largest absolute Gasteiger partial charge is 0.0875 e. The molecule has 0 N–H and O–H groups in total. The molecular formula is C17H24Si. The van der Waals surface area contributed by atoms with Crippen molar-refractivity contribution >= 4 is 19.9 Å². The highest BCUT2D eigenvalue weighted by atomic mass is 28.2. The van der Waals surface area contributed by atoms with Gasteiger partial charge in [-0.3, -0.25) is 0 Å². The van der Waals surface area contributed by atoms with E-state index in [1.807, 2.05) is 0 Å². The van der Waals surface area contributed by atoms with E-state index in [2.05, 4.69) is 75.4 Å². The molecule has 0 bridgehead atoms. The molecule has 0 fully saturated rings. The lowest BCUT2D eigenvalue weighted by molar-refractivity contribution is 0.886. The van der Waals surface area contributed by atoms with Crippen LogP contribution in [-0.2, 0) is 0 Å². The van der Waals surface area contributed by atoms with Gasteiger partial charge in [-0.1, -0.05) is 97.2 Å². The van der Waals surface area contributed by atoms with Crippen molar-refractivity contribution in [3.05, 3.63) is 60.2 Å². The molecule has 0 saturated carbocycles. The van der Waals surface area contributed by atoms with Crippen molar-refractivity contribution in [2.75, 3.05) is 0 Å². The summed E-state index contributed by atoms with van der Waals surface area (Å²) in [5.41, 5.74) is 1.34. The number of benzene rings is 2. The van der Waals surface area contributed by atoms with Crippen LogP contribution in [0, 0.1) is 6.92 Å². The maximum atomic E-state index is 2.26. The summed E-state index contributed by atoms with van der Waals surface area (Å²) in [5, 5.41) is 3.03. The zero-order chi connectivity index (χ0) is 13.2. The van der Waals surface area contributed by atoms with Gasteiger partial charge in [0.05, 0.1) is 9.52 Å². The SMILES string of the molecule is CCCC.Cc1ccc([SiH2]c2ccccc2)cc1. The zero-order valence-electron chi connectivity index (χ0n) is 11.8. The molecule has 0 atom stereocenters. The van der Waals surface area contributed by atoms with Crippen molar-refractivity contribution in [3.63, 3.8) is 0 Å². The average Bonchev–Trinajstić information content (AvgIpc) is 2.43. The highest BCUT2D eigenvalue weighted by Crippen LogP contribution is 1.92. The Morgan fingerprint density at radius 2 is 1.22 bits per heavy atom. The fourth-order valence-corrected chi connectivity index (χ4v) is 2.99. The van der Waals surface area contributed by atoms with Gasteiger partial charge < -0.3 is 0 Å². The second-order valence-corrected chi connectivity index (χ2v) is 6.63. The minimum absolute atomic E-state index is 0.250. The molecular weight excluding hydrogens is 232 g/mol. The van der Waals surface area contributed by atoms with E-state index in [1.165, 1.54) is 28.8 Å². The predicted octanol–water partition coefficient (Wildman–Crippen LogP) is 2.92. The molecule has 0 spiro atoms. The van der Waals surface area contributed by atoms with E-state index in [4.69, 9.17) is 0 Å². The first kappa shape index (κ1) is 14.7. The predicted molar refractivity (Wildman–Crippen MR) is 86.0 cm³/mol. The monoisotopic (exact) mass is 256 g/mol. The summed E-state index contributed by atoms with van der Waals surface area (Å²) in [5.74, 6) is 0. The molecule has 18 heavy (non-hydrogen) atoms. The van der Waals surface area contributed by atoms with E-state index < -0.39 is 0 Å². The molecule has 1 heteroatoms. The standard InChI is InChI=1S/C13H14Si.C4H10/c1-11-7-9-13(10-8-11)14-12-5-3-2-4-6-12;1-3-4-2/h2-10H,14H2,1H3;3-4H2,1-2H3. The number of unbranched alkanes of at least 4 members (excludes halogenated alkanes) is 1. The molecule has 0 nitrogen and oxygen atoms in total. The molecule has 0 unspecified atom stereocenters. The van der Waals surface area contributed by atoms with E-state index in [-0.39, 0.29) is 9.52 Å². The average molecular weight is 256 g/mol. The van der Waals surface area contributed by atoms with Crippen LogP contribution in [0.25, 0.3) is 0 Å². The van der Waals surface area contributed by atoms with Crippen LogP contribution in [0.5, 0.6) is 0 Å². The number of aryl methyl sites for hydroxylation is 1. The second-order valence-electron chi connectivity index (χ2n) is 4.65. The lowest BCUT2D eigenvalue weighted by Crippen LogP contribution is -2.26. The molecule has 0 aromatic heterocycles. The van der Waals surface area contributed by atoms with Crippen LogP contribution >= 0.6 is 0 Å². The van der Waals surface area contributed by atoms with Crippen LogP contribution in [0.3, 0.4) is 0 Å². The van der Waals surface area contributed by atoms with Gasteiger partial charge in [0.25, 0.3) is 0 Å². The lowest BCUT2D eigenvalue weighted by atomic mass is 10.2. The third kappa shape index (κ3) is 5.83. The van der Waals surface area contributed by atoms with Gasteiger partial charge in [0.1, 0.15) is 0 Å². The van der Waals surface area contributed by atoms with Crippen LogP contribution in [-0.4, -0.2) is 9.52 Å². The third-order valence-corrected chi connectivity index (χ3v) is 4.63. The van der Waals surface area contributed by atoms with E-state index in [0.29, 0.717) is 0 Å². The topological polar surface area (TPSA) is 0 Å². The van der Waals surface area contributed by atoms with Crippen molar-refractivity contribution in [1.82, 2.24) is 0 Å². The smallest absolute Gasteiger partial charge is 0.0654 e. The summed E-state index contributed by atoms with van der Waals surface area (Å²) >= 11 is 0. The van der Waals surface area contributed by atoms with Crippen molar-refractivity contribution in [2.24, 2.45) is 0 Å². The van der Waals surface area contributed by atoms with Gasteiger partial charge in [0.2, 0.25) is 0 Å². The first-order valence-corrected chi connectivity index (χ1v) is 8.27. The summed E-state index contributed by atoms with van der Waals surface area (Å²) in [6.45, 7) is 6.49. The number of hydrogen-bond acceptors (Lipinski definition) is 0. The zero-order valence-corrected chi connectivity index (χ0v) is 13.2.